The Morgan fingerprint density at radius 1 is 0.635 bits per heavy atom. The van der Waals surface area contributed by atoms with Gasteiger partial charge in [0.15, 0.2) is 28.7 Å². The third-order valence-corrected chi connectivity index (χ3v) is 10.7. The predicted molar refractivity (Wildman–Crippen MR) is 208 cm³/mol. The molecule has 4 heterocycles. The van der Waals surface area contributed by atoms with E-state index in [-0.39, 0.29) is 70.6 Å². The number of oxime groups is 2. The molecule has 4 aromatic carbocycles. The second-order valence-electron chi connectivity index (χ2n) is 11.3. The molecule has 4 aromatic rings. The smallest absolute Gasteiger partial charge is 0.269 e. The number of rotatable bonds is 0. The van der Waals surface area contributed by atoms with Crippen LogP contribution in [0.15, 0.2) is 87.3 Å². The molecule has 0 saturated carbocycles. The lowest BCUT2D eigenvalue weighted by Crippen LogP contribution is -2.35. The standard InChI is InChI=1S/C34H27Br5N4O9/c35-19-13-18-1-2-27(19)51-28-11-15(5-20(36)30(28)45)3-4-40-33(47)24(42-49)9-16-7-22(38)32(23(39)8-16)52-29-12-17(6-21(37)31(29)46)10-25(43-50)34(48)41-14-26(18)44/h1-2,5-8,11-13,26,44-46,49-50H,3-4,9-10,14H2,(H,40,47)(H,41,48)/b42-24+,43-25?/t26-/m1/s1. The monoisotopic (exact) mass is 1030 g/mol. The molecular weight excluding hydrogens is 1010 g/mol. The topological polar surface area (TPSA) is 203 Å². The molecule has 0 fully saturated rings. The average Bonchev–Trinajstić information content (AvgIpc) is 3.10. The van der Waals surface area contributed by atoms with Gasteiger partial charge in [-0.3, -0.25) is 9.59 Å². The summed E-state index contributed by atoms with van der Waals surface area (Å²) < 4.78 is 13.9. The van der Waals surface area contributed by atoms with Crippen molar-refractivity contribution in [3.8, 4) is 34.5 Å². The Balaban J connectivity index is 1.49. The van der Waals surface area contributed by atoms with E-state index in [1.807, 2.05) is 0 Å². The summed E-state index contributed by atoms with van der Waals surface area (Å²) >= 11 is 17.0. The van der Waals surface area contributed by atoms with Crippen LogP contribution in [0.25, 0.3) is 0 Å². The first-order valence-corrected chi connectivity index (χ1v) is 19.1. The number of nitrogens with zero attached hydrogens (tertiary/aromatic N) is 2. The van der Waals surface area contributed by atoms with Crippen molar-refractivity contribution in [3.63, 3.8) is 0 Å². The quantitative estimate of drug-likeness (QED) is 0.0679. The normalized spacial score (nSPS) is 17.5. The van der Waals surface area contributed by atoms with E-state index in [4.69, 9.17) is 9.47 Å². The van der Waals surface area contributed by atoms with Crippen LogP contribution < -0.4 is 20.1 Å². The van der Waals surface area contributed by atoms with Crippen molar-refractivity contribution in [2.45, 2.75) is 25.4 Å². The first-order chi connectivity index (χ1) is 24.8. The van der Waals surface area contributed by atoms with E-state index in [1.54, 1.807) is 42.5 Å². The van der Waals surface area contributed by atoms with E-state index in [0.29, 0.717) is 52.3 Å². The number of aromatic hydroxyl groups is 2. The SMILES string of the molecule is O=C1NC[C@@H](O)c2ccc(c(Br)c2)Oc2cc(cc(Br)c2O)CCNC(=O)/C(=N/O)Cc2cc(Br)c(c(Br)c2)Oc2cc(cc(Br)c2O)CC1=NO. The van der Waals surface area contributed by atoms with Crippen LogP contribution in [-0.2, 0) is 28.9 Å². The Bertz CT molecular complexity index is 2090. The minimum absolute atomic E-state index is 0.00238. The molecule has 18 heteroatoms. The van der Waals surface area contributed by atoms with E-state index in [1.165, 1.54) is 12.1 Å². The van der Waals surface area contributed by atoms with Crippen LogP contribution in [0.1, 0.15) is 28.4 Å². The van der Waals surface area contributed by atoms with Gasteiger partial charge in [-0.2, -0.15) is 0 Å². The van der Waals surface area contributed by atoms with Gasteiger partial charge < -0.3 is 45.8 Å². The molecule has 0 radical (unpaired) electrons. The van der Waals surface area contributed by atoms with Gasteiger partial charge in [-0.1, -0.05) is 16.4 Å². The van der Waals surface area contributed by atoms with Crippen molar-refractivity contribution >= 4 is 103 Å². The fraction of sp³-hybridized carbons (Fsp3) is 0.176. The molecule has 8 rings (SSSR count). The Morgan fingerprint density at radius 3 is 1.75 bits per heavy atom. The third kappa shape index (κ3) is 9.45. The maximum absolute atomic E-state index is 13.0. The average molecular weight is 1040 g/mol. The lowest BCUT2D eigenvalue weighted by atomic mass is 10.1. The summed E-state index contributed by atoms with van der Waals surface area (Å²) in [5, 5.41) is 63.5. The number of halogens is 5. The number of hydrogen-bond acceptors (Lipinski definition) is 11. The molecule has 4 aliphatic rings. The minimum atomic E-state index is -1.16. The van der Waals surface area contributed by atoms with E-state index in [0.717, 1.165) is 0 Å². The van der Waals surface area contributed by atoms with Crippen LogP contribution in [0.2, 0.25) is 0 Å². The Labute approximate surface area is 338 Å². The van der Waals surface area contributed by atoms with Crippen molar-refractivity contribution in [1.82, 2.24) is 10.6 Å². The van der Waals surface area contributed by atoms with Gasteiger partial charge in [0.1, 0.15) is 17.2 Å². The molecule has 0 unspecified atom stereocenters. The van der Waals surface area contributed by atoms with Gasteiger partial charge in [-0.25, -0.2) is 0 Å². The number of amides is 2. The zero-order valence-electron chi connectivity index (χ0n) is 26.5. The van der Waals surface area contributed by atoms with Gasteiger partial charge in [0.2, 0.25) is 0 Å². The maximum atomic E-state index is 13.0. The first kappa shape index (κ1) is 39.5. The lowest BCUT2D eigenvalue weighted by molar-refractivity contribution is -0.116. The first-order valence-electron chi connectivity index (χ1n) is 15.1. The highest BCUT2D eigenvalue weighted by Gasteiger charge is 2.22. The molecule has 0 spiro atoms. The summed E-state index contributed by atoms with van der Waals surface area (Å²) in [7, 11) is 0. The number of carbonyl (C=O) groups excluding carboxylic acids is 2. The van der Waals surface area contributed by atoms with E-state index < -0.39 is 17.9 Å². The van der Waals surface area contributed by atoms with Crippen LogP contribution in [0.3, 0.4) is 0 Å². The molecule has 0 saturated heterocycles. The molecule has 0 aliphatic carbocycles. The number of carbonyl (C=O) groups is 2. The largest absolute Gasteiger partial charge is 0.503 e. The molecule has 4 aliphatic heterocycles. The van der Waals surface area contributed by atoms with E-state index in [9.17, 15) is 35.3 Å². The molecule has 272 valence electrons. The highest BCUT2D eigenvalue weighted by molar-refractivity contribution is 9.11. The summed E-state index contributed by atoms with van der Waals surface area (Å²) in [6.07, 6.45) is -1.06. The van der Waals surface area contributed by atoms with E-state index >= 15 is 0 Å². The molecule has 2 amide bonds. The summed E-state index contributed by atoms with van der Waals surface area (Å²) in [6, 6.07) is 14.3. The summed E-state index contributed by atoms with van der Waals surface area (Å²) in [5.74, 6) is -1.06. The predicted octanol–water partition coefficient (Wildman–Crippen LogP) is 7.76. The van der Waals surface area contributed by atoms with Crippen LogP contribution in [0.5, 0.6) is 34.5 Å². The number of phenolic OH excluding ortho intramolecular Hbond substituents is 2. The van der Waals surface area contributed by atoms with Gasteiger partial charge in [0.05, 0.1) is 28.5 Å². The fourth-order valence-electron chi connectivity index (χ4n) is 5.04. The number of ether oxygens (including phenoxy) is 2. The number of hydrogen-bond donors (Lipinski definition) is 7. The summed E-state index contributed by atoms with van der Waals surface area (Å²) in [5.41, 5.74) is 1.69. The molecule has 0 aromatic heterocycles. The highest BCUT2D eigenvalue weighted by atomic mass is 79.9. The molecule has 1 atom stereocenters. The van der Waals surface area contributed by atoms with E-state index in [2.05, 4.69) is 101 Å². The molecule has 7 N–H and O–H groups in total. The second-order valence-corrected chi connectivity index (χ2v) is 15.6. The van der Waals surface area contributed by atoms with Crippen molar-refractivity contribution < 1.29 is 44.8 Å². The summed E-state index contributed by atoms with van der Waals surface area (Å²) in [4.78, 5) is 26.0. The van der Waals surface area contributed by atoms with Crippen LogP contribution in [-0.4, -0.2) is 62.1 Å². The Kier molecular flexibility index (Phi) is 13.2. The Morgan fingerprint density at radius 2 is 1.15 bits per heavy atom. The van der Waals surface area contributed by atoms with Gasteiger partial charge in [-0.15, -0.1) is 0 Å². The molecule has 13 nitrogen and oxygen atoms in total. The Hall–Kier alpha value is -3.68. The molecule has 8 bridgehead atoms. The van der Waals surface area contributed by atoms with Gasteiger partial charge in [-0.05, 0) is 157 Å². The second kappa shape index (κ2) is 17.4. The van der Waals surface area contributed by atoms with Gasteiger partial charge in [0.25, 0.3) is 11.8 Å². The summed E-state index contributed by atoms with van der Waals surface area (Å²) in [6.45, 7) is -0.0700. The van der Waals surface area contributed by atoms with Crippen molar-refractivity contribution in [2.24, 2.45) is 10.3 Å². The van der Waals surface area contributed by atoms with Crippen LogP contribution in [0.4, 0.5) is 0 Å². The number of aliphatic hydroxyl groups is 1. The highest BCUT2D eigenvalue weighted by Crippen LogP contribution is 2.44. The van der Waals surface area contributed by atoms with Gasteiger partial charge in [0, 0.05) is 25.9 Å². The van der Waals surface area contributed by atoms with Gasteiger partial charge >= 0.3 is 0 Å². The zero-order chi connectivity index (χ0) is 37.7. The number of benzene rings is 4. The number of phenols is 2. The fourth-order valence-corrected chi connectivity index (χ4v) is 7.94. The van der Waals surface area contributed by atoms with Crippen molar-refractivity contribution in [2.75, 3.05) is 13.1 Å². The van der Waals surface area contributed by atoms with Crippen molar-refractivity contribution in [1.29, 1.82) is 0 Å². The maximum Gasteiger partial charge on any atom is 0.269 e. The minimum Gasteiger partial charge on any atom is -0.503 e. The number of aliphatic hydroxyl groups excluding tert-OH is 1. The zero-order valence-corrected chi connectivity index (χ0v) is 34.4. The third-order valence-electron chi connectivity index (χ3n) is 7.67. The molecule has 52 heavy (non-hydrogen) atoms. The molecular formula is C34H27Br5N4O9. The lowest BCUT2D eigenvalue weighted by Gasteiger charge is -2.17. The van der Waals surface area contributed by atoms with Crippen molar-refractivity contribution in [3.05, 3.63) is 99.2 Å². The van der Waals surface area contributed by atoms with Crippen LogP contribution >= 0.6 is 79.6 Å². The number of nitrogens with one attached hydrogen (secondary N) is 2. The van der Waals surface area contributed by atoms with Crippen LogP contribution in [0, 0.1) is 0 Å².